The monoisotopic (exact) mass is 381 g/mol. The van der Waals surface area contributed by atoms with Gasteiger partial charge in [-0.05, 0) is 67.9 Å². The first-order valence-corrected chi connectivity index (χ1v) is 10.1. The molecule has 4 rings (SSSR count). The number of hydrogen-bond donors (Lipinski definition) is 1. The molecule has 140 valence electrons. The second kappa shape index (κ2) is 6.93. The maximum Gasteiger partial charge on any atom is 0.262 e. The first kappa shape index (κ1) is 17.9. The number of aryl methyl sites for hydroxylation is 3. The zero-order chi connectivity index (χ0) is 19.1. The number of carbonyl (C=O) groups is 1. The summed E-state index contributed by atoms with van der Waals surface area (Å²) in [6.45, 7) is 6.25. The van der Waals surface area contributed by atoms with Gasteiger partial charge in [-0.2, -0.15) is 0 Å². The van der Waals surface area contributed by atoms with Gasteiger partial charge in [0, 0.05) is 10.6 Å². The molecule has 0 bridgehead atoms. The van der Waals surface area contributed by atoms with E-state index >= 15 is 0 Å². The number of rotatable bonds is 3. The fraction of sp³-hybridized carbons (Fsp3) is 0.381. The molecule has 1 aliphatic carbocycles. The predicted octanol–water partition coefficient (Wildman–Crippen LogP) is 3.84. The highest BCUT2D eigenvalue weighted by Gasteiger charge is 2.23. The summed E-state index contributed by atoms with van der Waals surface area (Å²) in [5.41, 5.74) is 4.08. The molecule has 0 aliphatic heterocycles. The normalized spacial score (nSPS) is 16.3. The lowest BCUT2D eigenvalue weighted by atomic mass is 9.89. The van der Waals surface area contributed by atoms with Crippen molar-refractivity contribution in [3.63, 3.8) is 0 Å². The predicted molar refractivity (Wildman–Crippen MR) is 110 cm³/mol. The highest BCUT2D eigenvalue weighted by molar-refractivity contribution is 7.18. The minimum absolute atomic E-state index is 0.0320. The van der Waals surface area contributed by atoms with Crippen molar-refractivity contribution in [2.45, 2.75) is 46.6 Å². The number of nitrogens with one attached hydrogen (secondary N) is 1. The quantitative estimate of drug-likeness (QED) is 0.750. The Bertz CT molecular complexity index is 1100. The molecular weight excluding hydrogens is 358 g/mol. The zero-order valence-corrected chi connectivity index (χ0v) is 16.7. The van der Waals surface area contributed by atoms with E-state index in [4.69, 9.17) is 0 Å². The molecule has 5 nitrogen and oxygen atoms in total. The van der Waals surface area contributed by atoms with Gasteiger partial charge in [0.25, 0.3) is 5.56 Å². The molecule has 1 atom stereocenters. The molecular formula is C21H23N3O2S. The fourth-order valence-corrected chi connectivity index (χ4v) is 4.99. The molecule has 2 aromatic heterocycles. The molecule has 1 aliphatic rings. The van der Waals surface area contributed by atoms with Gasteiger partial charge in [-0.25, -0.2) is 4.98 Å². The number of nitrogens with zero attached hydrogens (tertiary/aromatic N) is 2. The smallest absolute Gasteiger partial charge is 0.262 e. The summed E-state index contributed by atoms with van der Waals surface area (Å²) in [5, 5.41) is 3.58. The molecule has 3 aromatic rings. The van der Waals surface area contributed by atoms with E-state index < -0.39 is 0 Å². The van der Waals surface area contributed by atoms with Gasteiger partial charge in [-0.3, -0.25) is 14.2 Å². The van der Waals surface area contributed by atoms with Gasteiger partial charge in [-0.1, -0.05) is 13.0 Å². The molecule has 27 heavy (non-hydrogen) atoms. The lowest BCUT2D eigenvalue weighted by molar-refractivity contribution is -0.116. The molecule has 0 spiro atoms. The standard InChI is InChI=1S/C21H23N3O2S/c1-12-4-7-16-17(8-12)27-20-19(16)21(26)24(11-22-20)10-18(25)23-15-6-5-13(2)14(3)9-15/h5-6,9,11-12H,4,7-8,10H2,1-3H3,(H,23,25). The Morgan fingerprint density at radius 3 is 2.93 bits per heavy atom. The van der Waals surface area contributed by atoms with Crippen LogP contribution < -0.4 is 10.9 Å². The van der Waals surface area contributed by atoms with Crippen LogP contribution in [0.5, 0.6) is 0 Å². The summed E-state index contributed by atoms with van der Waals surface area (Å²) in [6, 6.07) is 5.79. The van der Waals surface area contributed by atoms with Crippen molar-refractivity contribution in [3.8, 4) is 0 Å². The van der Waals surface area contributed by atoms with E-state index in [1.165, 1.54) is 21.3 Å². The van der Waals surface area contributed by atoms with Gasteiger partial charge in [0.2, 0.25) is 5.91 Å². The van der Waals surface area contributed by atoms with E-state index in [0.717, 1.165) is 40.9 Å². The molecule has 0 saturated heterocycles. The second-order valence-electron chi connectivity index (χ2n) is 7.56. The lowest BCUT2D eigenvalue weighted by Gasteiger charge is -2.17. The highest BCUT2D eigenvalue weighted by atomic mass is 32.1. The van der Waals surface area contributed by atoms with Crippen LogP contribution in [0.25, 0.3) is 10.2 Å². The maximum atomic E-state index is 13.0. The summed E-state index contributed by atoms with van der Waals surface area (Å²) in [7, 11) is 0. The van der Waals surface area contributed by atoms with Gasteiger partial charge in [-0.15, -0.1) is 11.3 Å². The Balaban J connectivity index is 1.60. The van der Waals surface area contributed by atoms with E-state index in [0.29, 0.717) is 11.3 Å². The molecule has 2 heterocycles. The van der Waals surface area contributed by atoms with Gasteiger partial charge in [0.1, 0.15) is 11.4 Å². The van der Waals surface area contributed by atoms with Gasteiger partial charge < -0.3 is 5.32 Å². The Hall–Kier alpha value is -2.47. The van der Waals surface area contributed by atoms with Crippen LogP contribution in [0, 0.1) is 19.8 Å². The van der Waals surface area contributed by atoms with E-state index in [-0.39, 0.29) is 18.0 Å². The van der Waals surface area contributed by atoms with Gasteiger partial charge in [0.05, 0.1) is 11.7 Å². The van der Waals surface area contributed by atoms with Gasteiger partial charge in [0.15, 0.2) is 0 Å². The highest BCUT2D eigenvalue weighted by Crippen LogP contribution is 2.35. The maximum absolute atomic E-state index is 13.0. The number of amides is 1. The van der Waals surface area contributed by atoms with Crippen LogP contribution in [0.3, 0.4) is 0 Å². The Morgan fingerprint density at radius 1 is 1.33 bits per heavy atom. The van der Waals surface area contributed by atoms with Crippen LogP contribution in [0.15, 0.2) is 29.3 Å². The van der Waals surface area contributed by atoms with Crippen molar-refractivity contribution >= 4 is 33.1 Å². The number of hydrogen-bond acceptors (Lipinski definition) is 4. The SMILES string of the molecule is Cc1ccc(NC(=O)Cn2cnc3sc4c(c3c2=O)CCC(C)C4)cc1C. The molecule has 0 fully saturated rings. The minimum atomic E-state index is -0.223. The van der Waals surface area contributed by atoms with E-state index in [2.05, 4.69) is 17.2 Å². The van der Waals surface area contributed by atoms with Crippen LogP contribution in [-0.4, -0.2) is 15.5 Å². The number of anilines is 1. The number of thiophene rings is 1. The van der Waals surface area contributed by atoms with Crippen LogP contribution in [0.2, 0.25) is 0 Å². The minimum Gasteiger partial charge on any atom is -0.325 e. The molecule has 1 amide bonds. The first-order chi connectivity index (χ1) is 12.9. The second-order valence-corrected chi connectivity index (χ2v) is 8.64. The van der Waals surface area contributed by atoms with Gasteiger partial charge >= 0.3 is 0 Å². The van der Waals surface area contributed by atoms with Crippen LogP contribution >= 0.6 is 11.3 Å². The van der Waals surface area contributed by atoms with Crippen LogP contribution in [0.4, 0.5) is 5.69 Å². The summed E-state index contributed by atoms with van der Waals surface area (Å²) in [5.74, 6) is 0.427. The molecule has 0 saturated carbocycles. The van der Waals surface area contributed by atoms with Crippen molar-refractivity contribution in [3.05, 3.63) is 56.4 Å². The summed E-state index contributed by atoms with van der Waals surface area (Å²) >= 11 is 1.63. The average Bonchev–Trinajstić information content (AvgIpc) is 2.98. The number of aromatic nitrogens is 2. The third-order valence-corrected chi connectivity index (χ3v) is 6.55. The Kier molecular flexibility index (Phi) is 4.60. The molecule has 1 unspecified atom stereocenters. The number of carbonyl (C=O) groups excluding carboxylic acids is 1. The largest absolute Gasteiger partial charge is 0.325 e. The fourth-order valence-electron chi connectivity index (χ4n) is 3.65. The van der Waals surface area contributed by atoms with Crippen LogP contribution in [-0.2, 0) is 24.2 Å². The lowest BCUT2D eigenvalue weighted by Crippen LogP contribution is -2.28. The number of fused-ring (bicyclic) bond motifs is 3. The van der Waals surface area contributed by atoms with E-state index in [1.807, 2.05) is 32.0 Å². The summed E-state index contributed by atoms with van der Waals surface area (Å²) in [6.07, 6.45) is 4.53. The average molecular weight is 382 g/mol. The molecule has 1 N–H and O–H groups in total. The topological polar surface area (TPSA) is 64.0 Å². The van der Waals surface area contributed by atoms with Crippen molar-refractivity contribution in [1.82, 2.24) is 9.55 Å². The molecule has 0 radical (unpaired) electrons. The van der Waals surface area contributed by atoms with E-state index in [9.17, 15) is 9.59 Å². The van der Waals surface area contributed by atoms with E-state index in [1.54, 1.807) is 11.3 Å². The zero-order valence-electron chi connectivity index (χ0n) is 15.8. The van der Waals surface area contributed by atoms with Crippen molar-refractivity contribution < 1.29 is 4.79 Å². The third-order valence-electron chi connectivity index (χ3n) is 5.39. The molecule has 1 aromatic carbocycles. The third kappa shape index (κ3) is 3.41. The Labute approximate surface area is 162 Å². The molecule has 6 heteroatoms. The van der Waals surface area contributed by atoms with Crippen LogP contribution in [0.1, 0.15) is 34.9 Å². The Morgan fingerprint density at radius 2 is 2.15 bits per heavy atom. The summed E-state index contributed by atoms with van der Waals surface area (Å²) in [4.78, 5) is 32.0. The van der Waals surface area contributed by atoms with Crippen molar-refractivity contribution in [2.24, 2.45) is 5.92 Å². The number of benzene rings is 1. The van der Waals surface area contributed by atoms with Crippen molar-refractivity contribution in [1.29, 1.82) is 0 Å². The summed E-state index contributed by atoms with van der Waals surface area (Å²) < 4.78 is 1.42. The van der Waals surface area contributed by atoms with Crippen molar-refractivity contribution in [2.75, 3.05) is 5.32 Å². The first-order valence-electron chi connectivity index (χ1n) is 9.29.